The molecule has 4 unspecified atom stereocenters. The zero-order valence-electron chi connectivity index (χ0n) is 17.6. The Bertz CT molecular complexity index is 934. The lowest BCUT2D eigenvalue weighted by molar-refractivity contribution is -0.177. The summed E-state index contributed by atoms with van der Waals surface area (Å²) in [6, 6.07) is 6.27. The molecular weight excluding hydrogens is 396 g/mol. The summed E-state index contributed by atoms with van der Waals surface area (Å²) in [6.45, 7) is 10.4. The van der Waals surface area contributed by atoms with Gasteiger partial charge in [0.2, 0.25) is 0 Å². The quantitative estimate of drug-likeness (QED) is 0.393. The minimum absolute atomic E-state index is 0.0270. The van der Waals surface area contributed by atoms with Gasteiger partial charge >= 0.3 is 11.9 Å². The Morgan fingerprint density at radius 1 is 1.07 bits per heavy atom. The molecule has 1 saturated heterocycles. The van der Waals surface area contributed by atoms with Crippen molar-refractivity contribution < 1.29 is 31.7 Å². The molecule has 0 spiro atoms. The van der Waals surface area contributed by atoms with Gasteiger partial charge in [-0.05, 0) is 52.7 Å². The Morgan fingerprint density at radius 3 is 2.14 bits per heavy atom. The minimum atomic E-state index is -4.02. The Balaban J connectivity index is 1.73. The topological polar surface area (TPSA) is 96.0 Å². The summed E-state index contributed by atoms with van der Waals surface area (Å²) in [7, 11) is -4.02. The number of rotatable bonds is 6. The molecule has 4 atom stereocenters. The van der Waals surface area contributed by atoms with E-state index in [9.17, 15) is 18.0 Å². The van der Waals surface area contributed by atoms with Crippen LogP contribution >= 0.6 is 0 Å². The maximum Gasteiger partial charge on any atom is 0.324 e. The van der Waals surface area contributed by atoms with Gasteiger partial charge < -0.3 is 9.47 Å². The third-order valence-electron chi connectivity index (χ3n) is 6.92. The van der Waals surface area contributed by atoms with E-state index in [1.54, 1.807) is 19.1 Å². The highest BCUT2D eigenvalue weighted by Gasteiger charge is 2.77. The largest absolute Gasteiger partial charge is 0.459 e. The SMILES string of the molecule is Cc1ccc(S(=O)(=O)OC(C)C(C)OC(=O)C23CCC(C)(OC2=O)C3(C)C)cc1. The van der Waals surface area contributed by atoms with Gasteiger partial charge in [0.05, 0.1) is 4.90 Å². The number of hydrogen-bond donors (Lipinski definition) is 0. The van der Waals surface area contributed by atoms with Gasteiger partial charge in [-0.15, -0.1) is 0 Å². The molecule has 160 valence electrons. The highest BCUT2D eigenvalue weighted by atomic mass is 32.2. The lowest BCUT2D eigenvalue weighted by atomic mass is 9.65. The van der Waals surface area contributed by atoms with Crippen LogP contribution in [0.3, 0.4) is 0 Å². The van der Waals surface area contributed by atoms with Gasteiger partial charge in [0.25, 0.3) is 10.1 Å². The maximum absolute atomic E-state index is 13.1. The van der Waals surface area contributed by atoms with Crippen LogP contribution in [0.2, 0.25) is 0 Å². The van der Waals surface area contributed by atoms with E-state index in [0.717, 1.165) is 5.56 Å². The Kier molecular flexibility index (Phi) is 5.11. The molecule has 1 saturated carbocycles. The highest BCUT2D eigenvalue weighted by molar-refractivity contribution is 7.86. The number of carbonyl (C=O) groups is 2. The Morgan fingerprint density at radius 2 is 1.66 bits per heavy atom. The molecule has 29 heavy (non-hydrogen) atoms. The number of benzene rings is 1. The van der Waals surface area contributed by atoms with Crippen LogP contribution < -0.4 is 0 Å². The molecule has 0 amide bonds. The van der Waals surface area contributed by atoms with Crippen LogP contribution in [0, 0.1) is 17.8 Å². The zero-order chi connectivity index (χ0) is 21.8. The van der Waals surface area contributed by atoms with Gasteiger partial charge in [0, 0.05) is 5.41 Å². The monoisotopic (exact) mass is 424 g/mol. The van der Waals surface area contributed by atoms with E-state index in [-0.39, 0.29) is 4.90 Å². The van der Waals surface area contributed by atoms with Crippen LogP contribution in [-0.4, -0.2) is 38.2 Å². The fraction of sp³-hybridized carbons (Fsp3) is 0.619. The predicted molar refractivity (Wildman–Crippen MR) is 104 cm³/mol. The average molecular weight is 425 g/mol. The van der Waals surface area contributed by atoms with Crippen molar-refractivity contribution in [2.45, 2.75) is 77.1 Å². The van der Waals surface area contributed by atoms with E-state index in [1.165, 1.54) is 19.1 Å². The van der Waals surface area contributed by atoms with Crippen molar-refractivity contribution in [1.82, 2.24) is 0 Å². The standard InChI is InChI=1S/C21H28O7S/c1-13-7-9-16(10-8-13)29(24,25)28-15(3)14(2)26-17(22)21-12-11-20(6,19(21,4)5)27-18(21)23/h7-10,14-15H,11-12H2,1-6H3. The molecule has 0 aromatic heterocycles. The third-order valence-corrected chi connectivity index (χ3v) is 8.33. The molecule has 2 aliphatic rings. The fourth-order valence-electron chi connectivity index (χ4n) is 4.17. The van der Waals surface area contributed by atoms with Crippen molar-refractivity contribution >= 4 is 22.1 Å². The van der Waals surface area contributed by atoms with E-state index in [0.29, 0.717) is 12.8 Å². The summed E-state index contributed by atoms with van der Waals surface area (Å²) in [4.78, 5) is 25.6. The van der Waals surface area contributed by atoms with Crippen LogP contribution in [-0.2, 0) is 33.4 Å². The molecule has 1 aliphatic heterocycles. The molecule has 1 aromatic carbocycles. The number of aryl methyl sites for hydroxylation is 1. The second-order valence-corrected chi connectivity index (χ2v) is 10.4. The fourth-order valence-corrected chi connectivity index (χ4v) is 5.31. The molecular formula is C21H28O7S. The van der Waals surface area contributed by atoms with Gasteiger partial charge in [-0.3, -0.25) is 13.8 Å². The van der Waals surface area contributed by atoms with Crippen molar-refractivity contribution in [1.29, 1.82) is 0 Å². The van der Waals surface area contributed by atoms with Gasteiger partial charge in [-0.25, -0.2) is 0 Å². The van der Waals surface area contributed by atoms with Crippen LogP contribution in [0.5, 0.6) is 0 Å². The molecule has 8 heteroatoms. The first kappa shape index (κ1) is 21.8. The summed E-state index contributed by atoms with van der Waals surface area (Å²) >= 11 is 0. The Hall–Kier alpha value is -1.93. The first-order valence-electron chi connectivity index (χ1n) is 9.71. The van der Waals surface area contributed by atoms with E-state index >= 15 is 0 Å². The Labute approximate surface area is 171 Å². The molecule has 2 fully saturated rings. The van der Waals surface area contributed by atoms with Gasteiger partial charge in [-0.1, -0.05) is 31.5 Å². The zero-order valence-corrected chi connectivity index (χ0v) is 18.5. The van der Waals surface area contributed by atoms with Crippen LogP contribution in [0.1, 0.15) is 53.0 Å². The highest BCUT2D eigenvalue weighted by Crippen LogP contribution is 2.66. The van der Waals surface area contributed by atoms with E-state index in [4.69, 9.17) is 13.7 Å². The van der Waals surface area contributed by atoms with E-state index in [1.807, 2.05) is 27.7 Å². The van der Waals surface area contributed by atoms with E-state index < -0.39 is 50.7 Å². The van der Waals surface area contributed by atoms with Gasteiger partial charge in [0.15, 0.2) is 5.41 Å². The molecule has 0 radical (unpaired) electrons. The van der Waals surface area contributed by atoms with Crippen LogP contribution in [0.4, 0.5) is 0 Å². The molecule has 3 rings (SSSR count). The van der Waals surface area contributed by atoms with Crippen molar-refractivity contribution in [3.8, 4) is 0 Å². The van der Waals surface area contributed by atoms with E-state index in [2.05, 4.69) is 0 Å². The van der Waals surface area contributed by atoms with Gasteiger partial charge in [0.1, 0.15) is 17.8 Å². The number of esters is 2. The summed E-state index contributed by atoms with van der Waals surface area (Å²) < 4.78 is 41.3. The normalized spacial score (nSPS) is 29.9. The van der Waals surface area contributed by atoms with Crippen molar-refractivity contribution in [3.63, 3.8) is 0 Å². The first-order valence-corrected chi connectivity index (χ1v) is 11.1. The van der Waals surface area contributed by atoms with Crippen molar-refractivity contribution in [2.24, 2.45) is 10.8 Å². The molecule has 0 N–H and O–H groups in total. The summed E-state index contributed by atoms with van der Waals surface area (Å²) in [5.41, 5.74) is -1.91. The molecule has 1 aromatic rings. The second kappa shape index (κ2) is 6.80. The van der Waals surface area contributed by atoms with Crippen LogP contribution in [0.15, 0.2) is 29.2 Å². The third kappa shape index (κ3) is 3.17. The maximum atomic E-state index is 13.1. The molecule has 1 heterocycles. The average Bonchev–Trinajstić information content (AvgIpc) is 2.90. The number of fused-ring (bicyclic) bond motifs is 2. The molecule has 7 nitrogen and oxygen atoms in total. The number of hydrogen-bond acceptors (Lipinski definition) is 7. The number of carbonyl (C=O) groups excluding carboxylic acids is 2. The minimum Gasteiger partial charge on any atom is -0.459 e. The smallest absolute Gasteiger partial charge is 0.324 e. The predicted octanol–water partition coefficient (Wildman–Crippen LogP) is 3.14. The van der Waals surface area contributed by atoms with Crippen molar-refractivity contribution in [2.75, 3.05) is 0 Å². The van der Waals surface area contributed by atoms with Gasteiger partial charge in [-0.2, -0.15) is 8.42 Å². The first-order chi connectivity index (χ1) is 13.3. The number of ether oxygens (including phenoxy) is 2. The molecule has 2 bridgehead atoms. The lowest BCUT2D eigenvalue weighted by Crippen LogP contribution is -2.48. The second-order valence-electron chi connectivity index (χ2n) is 8.83. The summed E-state index contributed by atoms with van der Waals surface area (Å²) in [5.74, 6) is -1.27. The molecule has 1 aliphatic carbocycles. The summed E-state index contributed by atoms with van der Waals surface area (Å²) in [6.07, 6.45) is -0.899. The summed E-state index contributed by atoms with van der Waals surface area (Å²) in [5, 5.41) is 0. The van der Waals surface area contributed by atoms with Crippen molar-refractivity contribution in [3.05, 3.63) is 29.8 Å². The van der Waals surface area contributed by atoms with Crippen LogP contribution in [0.25, 0.3) is 0 Å². The lowest BCUT2D eigenvalue weighted by Gasteiger charge is -2.35.